The second-order valence-electron chi connectivity index (χ2n) is 14.7. The Hall–Kier alpha value is -5.78. The fourth-order valence-electron chi connectivity index (χ4n) is 8.28. The van der Waals surface area contributed by atoms with Crippen LogP contribution in [0.25, 0.3) is 33.4 Å². The van der Waals surface area contributed by atoms with Gasteiger partial charge in [-0.3, -0.25) is 9.98 Å². The van der Waals surface area contributed by atoms with Gasteiger partial charge in [0.15, 0.2) is 0 Å². The van der Waals surface area contributed by atoms with E-state index in [1.165, 1.54) is 22.3 Å². The van der Waals surface area contributed by atoms with E-state index in [-0.39, 0.29) is 16.9 Å². The molecule has 0 radical (unpaired) electrons. The van der Waals surface area contributed by atoms with Crippen molar-refractivity contribution in [2.24, 2.45) is 9.98 Å². The van der Waals surface area contributed by atoms with Crippen LogP contribution in [0.4, 0.5) is 11.4 Å². The molecule has 0 saturated heterocycles. The van der Waals surface area contributed by atoms with Gasteiger partial charge in [0.1, 0.15) is 17.1 Å². The lowest BCUT2D eigenvalue weighted by molar-refractivity contribution is 0.107. The Bertz CT molecular complexity index is 2460. The molecule has 0 aliphatic heterocycles. The van der Waals surface area contributed by atoms with Gasteiger partial charge in [-0.2, -0.15) is 0 Å². The van der Waals surface area contributed by atoms with Gasteiger partial charge in [-0.25, -0.2) is 0 Å². The van der Waals surface area contributed by atoms with Crippen molar-refractivity contribution < 1.29 is 15.3 Å². The number of hydrogen-bond donors (Lipinski definition) is 3. The van der Waals surface area contributed by atoms with E-state index in [9.17, 15) is 15.3 Å². The zero-order valence-corrected chi connectivity index (χ0v) is 29.7. The number of aliphatic imine (C=N–C) groups is 2. The molecule has 0 fully saturated rings. The topological polar surface area (TPSA) is 85.4 Å². The first-order chi connectivity index (χ1) is 24.3. The van der Waals surface area contributed by atoms with E-state index in [0.717, 1.165) is 50.1 Å². The SMILES string of the molecule is Cc1cc(C)c(-c2ccc(N=Cc3cc4c(cc3O)-c3ccccc3C4(C)C)c(N=Cc3cc4c(cc3O)-c3ccccc3C4(C)O)c2)c(C)c1. The summed E-state index contributed by atoms with van der Waals surface area (Å²) in [5.41, 5.74) is 14.4. The van der Waals surface area contributed by atoms with Gasteiger partial charge in [-0.15, -0.1) is 0 Å². The molecule has 6 aromatic carbocycles. The highest BCUT2D eigenvalue weighted by atomic mass is 16.3. The minimum Gasteiger partial charge on any atom is -0.507 e. The van der Waals surface area contributed by atoms with Gasteiger partial charge in [0.2, 0.25) is 0 Å². The Labute approximate surface area is 299 Å². The van der Waals surface area contributed by atoms with Crippen LogP contribution in [0.2, 0.25) is 0 Å². The molecule has 1 atom stereocenters. The predicted octanol–water partition coefficient (Wildman–Crippen LogP) is 10.7. The van der Waals surface area contributed by atoms with E-state index in [4.69, 9.17) is 9.98 Å². The molecule has 1 unspecified atom stereocenters. The minimum atomic E-state index is -1.20. The van der Waals surface area contributed by atoms with Crippen molar-refractivity contribution in [1.29, 1.82) is 0 Å². The summed E-state index contributed by atoms with van der Waals surface area (Å²) in [5, 5.41) is 33.9. The Morgan fingerprint density at radius 2 is 1.06 bits per heavy atom. The van der Waals surface area contributed by atoms with Crippen LogP contribution in [0.5, 0.6) is 11.5 Å². The molecule has 51 heavy (non-hydrogen) atoms. The molecule has 8 rings (SSSR count). The van der Waals surface area contributed by atoms with E-state index in [1.807, 2.05) is 60.7 Å². The second-order valence-corrected chi connectivity index (χ2v) is 14.7. The third-order valence-electron chi connectivity index (χ3n) is 10.8. The van der Waals surface area contributed by atoms with Crippen molar-refractivity contribution >= 4 is 23.8 Å². The maximum absolute atomic E-state index is 11.6. The summed E-state index contributed by atoms with van der Waals surface area (Å²) in [6, 6.07) is 33.9. The Morgan fingerprint density at radius 1 is 0.529 bits per heavy atom. The van der Waals surface area contributed by atoms with Crippen LogP contribution in [0.15, 0.2) is 113 Å². The van der Waals surface area contributed by atoms with E-state index in [2.05, 4.69) is 71.0 Å². The normalized spacial score (nSPS) is 16.8. The number of aliphatic hydroxyl groups is 1. The first-order valence-corrected chi connectivity index (χ1v) is 17.3. The van der Waals surface area contributed by atoms with Crippen LogP contribution < -0.4 is 0 Å². The molecule has 252 valence electrons. The highest BCUT2D eigenvalue weighted by molar-refractivity contribution is 5.94. The Kier molecular flexibility index (Phi) is 7.40. The molecule has 6 aromatic rings. The van der Waals surface area contributed by atoms with Crippen LogP contribution in [0.3, 0.4) is 0 Å². The lowest BCUT2D eigenvalue weighted by atomic mass is 9.82. The van der Waals surface area contributed by atoms with Crippen molar-refractivity contribution in [3.63, 3.8) is 0 Å². The standard InChI is InChI=1S/C46H40N2O3/c1-26-17-27(2)44(28(3)18-26)29-15-16-40(47-24-30-19-38-34(22-42(30)49)32-11-7-9-13-36(32)45(38,4)5)41(21-29)48-25-31-20-39-35(23-43(31)50)33-12-8-10-14-37(33)46(39,6)51/h7-25,49-51H,1-6H3. The van der Waals surface area contributed by atoms with Crippen molar-refractivity contribution in [3.8, 4) is 44.9 Å². The van der Waals surface area contributed by atoms with Gasteiger partial charge in [0, 0.05) is 29.0 Å². The summed E-state index contributed by atoms with van der Waals surface area (Å²) in [6.07, 6.45) is 3.33. The molecule has 0 saturated carbocycles. The van der Waals surface area contributed by atoms with Crippen LogP contribution in [-0.4, -0.2) is 27.7 Å². The number of rotatable bonds is 5. The zero-order chi connectivity index (χ0) is 35.8. The molecular formula is C46H40N2O3. The lowest BCUT2D eigenvalue weighted by Crippen LogP contribution is -2.19. The highest BCUT2D eigenvalue weighted by Gasteiger charge is 2.38. The van der Waals surface area contributed by atoms with Crippen LogP contribution in [0.1, 0.15) is 70.8 Å². The third-order valence-corrected chi connectivity index (χ3v) is 10.8. The second kappa shape index (κ2) is 11.6. The molecule has 0 heterocycles. The smallest absolute Gasteiger partial charge is 0.124 e. The molecule has 5 heteroatoms. The number of hydrogen-bond acceptors (Lipinski definition) is 5. The van der Waals surface area contributed by atoms with Gasteiger partial charge in [0.25, 0.3) is 0 Å². The number of aryl methyl sites for hydroxylation is 3. The van der Waals surface area contributed by atoms with E-state index < -0.39 is 5.60 Å². The maximum atomic E-state index is 11.6. The maximum Gasteiger partial charge on any atom is 0.124 e. The van der Waals surface area contributed by atoms with Crippen LogP contribution in [-0.2, 0) is 11.0 Å². The average Bonchev–Trinajstić information content (AvgIpc) is 3.44. The van der Waals surface area contributed by atoms with Crippen molar-refractivity contribution in [3.05, 3.63) is 153 Å². The first kappa shape index (κ1) is 32.4. The van der Waals surface area contributed by atoms with Crippen LogP contribution >= 0.6 is 0 Å². The summed E-state index contributed by atoms with van der Waals surface area (Å²) in [6.45, 7) is 12.5. The molecule has 2 aliphatic carbocycles. The molecule has 0 spiro atoms. The predicted molar refractivity (Wildman–Crippen MR) is 208 cm³/mol. The number of phenols is 2. The molecule has 0 aromatic heterocycles. The van der Waals surface area contributed by atoms with Gasteiger partial charge < -0.3 is 15.3 Å². The Morgan fingerprint density at radius 3 is 1.71 bits per heavy atom. The monoisotopic (exact) mass is 668 g/mol. The zero-order valence-electron chi connectivity index (χ0n) is 29.7. The quantitative estimate of drug-likeness (QED) is 0.160. The largest absolute Gasteiger partial charge is 0.507 e. The van der Waals surface area contributed by atoms with E-state index in [1.54, 1.807) is 25.4 Å². The van der Waals surface area contributed by atoms with Crippen molar-refractivity contribution in [2.45, 2.75) is 52.6 Å². The third kappa shape index (κ3) is 5.19. The number of nitrogens with zero attached hydrogens (tertiary/aromatic N) is 2. The summed E-state index contributed by atoms with van der Waals surface area (Å²) in [7, 11) is 0. The highest BCUT2D eigenvalue weighted by Crippen LogP contribution is 2.51. The van der Waals surface area contributed by atoms with Gasteiger partial charge in [-0.05, 0) is 131 Å². The fourth-order valence-corrected chi connectivity index (χ4v) is 8.28. The molecule has 3 N–H and O–H groups in total. The summed E-state index contributed by atoms with van der Waals surface area (Å²) in [5.74, 6) is 0.233. The minimum absolute atomic E-state index is 0.0723. The Balaban J connectivity index is 1.22. The number of aromatic hydroxyl groups is 2. The average molecular weight is 669 g/mol. The van der Waals surface area contributed by atoms with E-state index >= 15 is 0 Å². The molecular weight excluding hydrogens is 629 g/mol. The van der Waals surface area contributed by atoms with Gasteiger partial charge in [-0.1, -0.05) is 86.1 Å². The first-order valence-electron chi connectivity index (χ1n) is 17.3. The van der Waals surface area contributed by atoms with Gasteiger partial charge in [0.05, 0.1) is 11.4 Å². The molecule has 0 bridgehead atoms. The summed E-state index contributed by atoms with van der Waals surface area (Å²) < 4.78 is 0. The van der Waals surface area contributed by atoms with Crippen molar-refractivity contribution in [2.75, 3.05) is 0 Å². The van der Waals surface area contributed by atoms with Gasteiger partial charge >= 0.3 is 0 Å². The fraction of sp³-hybridized carbons (Fsp3) is 0.174. The number of benzene rings is 6. The summed E-state index contributed by atoms with van der Waals surface area (Å²) in [4.78, 5) is 9.82. The number of fused-ring (bicyclic) bond motifs is 6. The molecule has 5 nitrogen and oxygen atoms in total. The lowest BCUT2D eigenvalue weighted by Gasteiger charge is -2.21. The summed E-state index contributed by atoms with van der Waals surface area (Å²) >= 11 is 0. The van der Waals surface area contributed by atoms with Crippen LogP contribution in [0, 0.1) is 20.8 Å². The number of phenolic OH excluding ortho intramolecular Hbond substituents is 2. The van der Waals surface area contributed by atoms with E-state index in [0.29, 0.717) is 22.5 Å². The molecule has 2 aliphatic rings. The van der Waals surface area contributed by atoms with Crippen molar-refractivity contribution in [1.82, 2.24) is 0 Å². The molecule has 0 amide bonds.